The van der Waals surface area contributed by atoms with E-state index < -0.39 is 0 Å². The average Bonchev–Trinajstić information content (AvgIpc) is 3.15. The number of aromatic amines is 1. The molecule has 5 heterocycles. The van der Waals surface area contributed by atoms with E-state index in [9.17, 15) is 4.79 Å². The lowest BCUT2D eigenvalue weighted by atomic mass is 9.95. The molecule has 2 bridgehead atoms. The predicted octanol–water partition coefficient (Wildman–Crippen LogP) is 2.86. The standard InChI is InChI=1S/C19H27N5OS/c1-3-4-18-22-17(11-26-18)19(25)24-8-14-5-6-15(24)9-23(7-14)10-16-13(2)20-12-21-16/h11-12,14-15H,3-10H2,1-2H3,(H,20,21)/t14-,15+/m0/s1. The van der Waals surface area contributed by atoms with Crippen molar-refractivity contribution in [1.29, 1.82) is 0 Å². The van der Waals surface area contributed by atoms with Gasteiger partial charge in [0, 0.05) is 43.3 Å². The number of nitrogens with one attached hydrogen (secondary N) is 1. The highest BCUT2D eigenvalue weighted by molar-refractivity contribution is 7.09. The van der Waals surface area contributed by atoms with Gasteiger partial charge in [0.1, 0.15) is 5.69 Å². The summed E-state index contributed by atoms with van der Waals surface area (Å²) in [5.41, 5.74) is 2.90. The van der Waals surface area contributed by atoms with Crippen LogP contribution in [0.2, 0.25) is 0 Å². The Morgan fingerprint density at radius 1 is 1.35 bits per heavy atom. The summed E-state index contributed by atoms with van der Waals surface area (Å²) in [6.07, 6.45) is 6.10. The number of piperidine rings is 1. The van der Waals surface area contributed by atoms with Crippen molar-refractivity contribution < 1.29 is 4.79 Å². The summed E-state index contributed by atoms with van der Waals surface area (Å²) in [5, 5.41) is 3.02. The Bertz CT molecular complexity index is 770. The molecule has 0 spiro atoms. The van der Waals surface area contributed by atoms with E-state index in [1.807, 2.05) is 5.38 Å². The predicted molar refractivity (Wildman–Crippen MR) is 102 cm³/mol. The minimum Gasteiger partial charge on any atom is -0.348 e. The van der Waals surface area contributed by atoms with Crippen molar-refractivity contribution in [2.45, 2.75) is 52.1 Å². The van der Waals surface area contributed by atoms with Gasteiger partial charge in [0.15, 0.2) is 0 Å². The first-order valence-electron chi connectivity index (χ1n) is 9.60. The number of carbonyl (C=O) groups excluding carboxylic acids is 1. The molecule has 140 valence electrons. The van der Waals surface area contributed by atoms with Gasteiger partial charge in [-0.05, 0) is 38.5 Å². The molecule has 2 aromatic heterocycles. The van der Waals surface area contributed by atoms with E-state index in [1.165, 1.54) is 6.42 Å². The molecule has 0 radical (unpaired) electrons. The van der Waals surface area contributed by atoms with Crippen LogP contribution in [0.3, 0.4) is 0 Å². The van der Waals surface area contributed by atoms with Crippen molar-refractivity contribution in [1.82, 2.24) is 24.8 Å². The first kappa shape index (κ1) is 17.7. The number of carbonyl (C=O) groups is 1. The SMILES string of the molecule is CCCc1nc(C(=O)N2C[C@H]3CC[C@@H]2CN(Cc2nc[nH]c2C)C3)cs1. The van der Waals surface area contributed by atoms with Crippen molar-refractivity contribution in [2.24, 2.45) is 5.92 Å². The largest absolute Gasteiger partial charge is 0.348 e. The zero-order chi connectivity index (χ0) is 18.1. The number of hydrogen-bond donors (Lipinski definition) is 1. The Balaban J connectivity index is 1.47. The first-order valence-corrected chi connectivity index (χ1v) is 10.5. The molecule has 3 fully saturated rings. The van der Waals surface area contributed by atoms with E-state index >= 15 is 0 Å². The Morgan fingerprint density at radius 2 is 2.23 bits per heavy atom. The smallest absolute Gasteiger partial charge is 0.273 e. The highest BCUT2D eigenvalue weighted by atomic mass is 32.1. The molecule has 1 amide bonds. The topological polar surface area (TPSA) is 65.1 Å². The molecule has 2 atom stereocenters. The summed E-state index contributed by atoms with van der Waals surface area (Å²) >= 11 is 1.62. The summed E-state index contributed by atoms with van der Waals surface area (Å²) < 4.78 is 0. The Kier molecular flexibility index (Phi) is 5.09. The van der Waals surface area contributed by atoms with E-state index in [2.05, 4.69) is 38.6 Å². The van der Waals surface area contributed by atoms with Gasteiger partial charge in [0.2, 0.25) is 0 Å². The zero-order valence-corrected chi connectivity index (χ0v) is 16.4. The van der Waals surface area contributed by atoms with Gasteiger partial charge < -0.3 is 9.88 Å². The van der Waals surface area contributed by atoms with Crippen LogP contribution in [0.25, 0.3) is 0 Å². The van der Waals surface area contributed by atoms with Gasteiger partial charge in [-0.3, -0.25) is 9.69 Å². The van der Waals surface area contributed by atoms with E-state index in [1.54, 1.807) is 17.7 Å². The van der Waals surface area contributed by atoms with Crippen LogP contribution >= 0.6 is 11.3 Å². The second-order valence-corrected chi connectivity index (χ2v) is 8.54. The third-order valence-corrected chi connectivity index (χ3v) is 6.50. The minimum atomic E-state index is 0.121. The van der Waals surface area contributed by atoms with E-state index in [4.69, 9.17) is 0 Å². The Labute approximate surface area is 158 Å². The summed E-state index contributed by atoms with van der Waals surface area (Å²) in [4.78, 5) is 29.8. The van der Waals surface area contributed by atoms with Crippen molar-refractivity contribution in [2.75, 3.05) is 19.6 Å². The van der Waals surface area contributed by atoms with E-state index in [0.29, 0.717) is 11.6 Å². The fourth-order valence-corrected chi connectivity index (χ4v) is 5.07. The number of fused-ring (bicyclic) bond motifs is 4. The number of aryl methyl sites for hydroxylation is 2. The molecule has 1 N–H and O–H groups in total. The van der Waals surface area contributed by atoms with Crippen molar-refractivity contribution in [3.05, 3.63) is 33.8 Å². The van der Waals surface area contributed by atoms with Gasteiger partial charge in [-0.1, -0.05) is 6.92 Å². The first-order chi connectivity index (χ1) is 12.6. The number of H-pyrrole nitrogens is 1. The fourth-order valence-electron chi connectivity index (χ4n) is 4.20. The van der Waals surface area contributed by atoms with Gasteiger partial charge in [-0.15, -0.1) is 11.3 Å². The van der Waals surface area contributed by atoms with Crippen LogP contribution in [-0.2, 0) is 13.0 Å². The summed E-state index contributed by atoms with van der Waals surface area (Å²) in [5.74, 6) is 0.668. The minimum absolute atomic E-state index is 0.121. The third-order valence-electron chi connectivity index (χ3n) is 5.59. The van der Waals surface area contributed by atoms with Crippen LogP contribution in [0.5, 0.6) is 0 Å². The normalized spacial score (nSPS) is 23.4. The molecular weight excluding hydrogens is 346 g/mol. The molecule has 5 rings (SSSR count). The van der Waals surface area contributed by atoms with Crippen LogP contribution in [0, 0.1) is 12.8 Å². The van der Waals surface area contributed by atoms with Crippen molar-refractivity contribution in [3.63, 3.8) is 0 Å². The van der Waals surface area contributed by atoms with Gasteiger partial charge in [-0.25, -0.2) is 9.97 Å². The zero-order valence-electron chi connectivity index (χ0n) is 15.6. The van der Waals surface area contributed by atoms with Gasteiger partial charge in [0.25, 0.3) is 5.91 Å². The monoisotopic (exact) mass is 373 g/mol. The molecule has 0 aliphatic carbocycles. The number of amides is 1. The molecule has 2 aromatic rings. The second kappa shape index (κ2) is 7.48. The lowest BCUT2D eigenvalue weighted by Crippen LogP contribution is -2.47. The van der Waals surface area contributed by atoms with E-state index in [0.717, 1.165) is 61.8 Å². The maximum Gasteiger partial charge on any atom is 0.273 e. The van der Waals surface area contributed by atoms with Crippen LogP contribution in [0.15, 0.2) is 11.7 Å². The Hall–Kier alpha value is -1.73. The van der Waals surface area contributed by atoms with Crippen LogP contribution in [0.1, 0.15) is 53.1 Å². The molecule has 6 nitrogen and oxygen atoms in total. The number of rotatable bonds is 5. The second-order valence-electron chi connectivity index (χ2n) is 7.60. The van der Waals surface area contributed by atoms with Gasteiger partial charge in [0.05, 0.1) is 17.0 Å². The lowest BCUT2D eigenvalue weighted by molar-refractivity contribution is 0.0579. The maximum atomic E-state index is 13.1. The average molecular weight is 374 g/mol. The number of aromatic nitrogens is 3. The van der Waals surface area contributed by atoms with Crippen molar-refractivity contribution >= 4 is 17.2 Å². The highest BCUT2D eigenvalue weighted by Crippen LogP contribution is 2.30. The molecule has 0 saturated carbocycles. The number of imidazole rings is 1. The van der Waals surface area contributed by atoms with E-state index in [-0.39, 0.29) is 11.9 Å². The Morgan fingerprint density at radius 3 is 3.00 bits per heavy atom. The van der Waals surface area contributed by atoms with Crippen molar-refractivity contribution in [3.8, 4) is 0 Å². The molecule has 3 aliphatic heterocycles. The van der Waals surface area contributed by atoms with Gasteiger partial charge in [-0.2, -0.15) is 0 Å². The molecule has 0 unspecified atom stereocenters. The maximum absolute atomic E-state index is 13.1. The van der Waals surface area contributed by atoms with Crippen LogP contribution in [0.4, 0.5) is 0 Å². The summed E-state index contributed by atoms with van der Waals surface area (Å²) in [6, 6.07) is 0.289. The third kappa shape index (κ3) is 3.55. The molecule has 7 heteroatoms. The number of thiazole rings is 1. The summed E-state index contributed by atoms with van der Waals surface area (Å²) in [7, 11) is 0. The fraction of sp³-hybridized carbons (Fsp3) is 0.632. The van der Waals surface area contributed by atoms with Gasteiger partial charge >= 0.3 is 0 Å². The molecule has 0 aromatic carbocycles. The van der Waals surface area contributed by atoms with Crippen LogP contribution < -0.4 is 0 Å². The lowest BCUT2D eigenvalue weighted by Gasteiger charge is -2.35. The summed E-state index contributed by atoms with van der Waals surface area (Å²) in [6.45, 7) is 7.92. The number of hydrogen-bond acceptors (Lipinski definition) is 5. The number of nitrogens with zero attached hydrogens (tertiary/aromatic N) is 4. The quantitative estimate of drug-likeness (QED) is 0.875. The van der Waals surface area contributed by atoms with Crippen LogP contribution in [-0.4, -0.2) is 56.3 Å². The molecule has 26 heavy (non-hydrogen) atoms. The molecule has 3 saturated heterocycles. The molecule has 3 aliphatic rings. The highest BCUT2D eigenvalue weighted by Gasteiger charge is 2.38. The molecular formula is C19H27N5OS.